The summed E-state index contributed by atoms with van der Waals surface area (Å²) >= 11 is 0. The topological polar surface area (TPSA) is 87.7 Å². The summed E-state index contributed by atoms with van der Waals surface area (Å²) in [5.74, 6) is 1.20. The third kappa shape index (κ3) is 5.06. The molecule has 0 unspecified atom stereocenters. The van der Waals surface area contributed by atoms with Gasteiger partial charge in [0.05, 0.1) is 44.0 Å². The molecular weight excluding hydrogens is 358 g/mol. The minimum atomic E-state index is 0.530. The molecule has 0 amide bonds. The predicted octanol–water partition coefficient (Wildman–Crippen LogP) is 1.20. The van der Waals surface area contributed by atoms with Gasteiger partial charge < -0.3 is 25.0 Å². The lowest BCUT2D eigenvalue weighted by Crippen LogP contribution is -2.39. The average Bonchev–Trinajstić information content (AvgIpc) is 2.76. The predicted molar refractivity (Wildman–Crippen MR) is 108 cm³/mol. The van der Waals surface area contributed by atoms with Gasteiger partial charge in [-0.25, -0.2) is 0 Å². The van der Waals surface area contributed by atoms with Crippen LogP contribution in [-0.2, 0) is 9.47 Å². The van der Waals surface area contributed by atoms with Gasteiger partial charge in [0.25, 0.3) is 0 Å². The van der Waals surface area contributed by atoms with Gasteiger partial charge in [-0.1, -0.05) is 12.1 Å². The van der Waals surface area contributed by atoms with Gasteiger partial charge in [0.2, 0.25) is 5.95 Å². The number of rotatable bonds is 7. The van der Waals surface area contributed by atoms with E-state index in [2.05, 4.69) is 47.7 Å². The molecule has 4 rings (SSSR count). The Labute approximate surface area is 165 Å². The monoisotopic (exact) mass is 385 g/mol. The first-order valence-electron chi connectivity index (χ1n) is 9.81. The van der Waals surface area contributed by atoms with Crippen molar-refractivity contribution in [1.82, 2.24) is 20.1 Å². The lowest BCUT2D eigenvalue weighted by Gasteiger charge is -2.30. The van der Waals surface area contributed by atoms with Gasteiger partial charge in [0.1, 0.15) is 0 Å². The summed E-state index contributed by atoms with van der Waals surface area (Å²) < 4.78 is 10.8. The van der Waals surface area contributed by atoms with Crippen LogP contribution in [0.15, 0.2) is 30.5 Å². The van der Waals surface area contributed by atoms with E-state index < -0.39 is 0 Å². The number of nitrogens with zero attached hydrogens (tertiary/aromatic N) is 5. The van der Waals surface area contributed by atoms with Gasteiger partial charge >= 0.3 is 0 Å². The van der Waals surface area contributed by atoms with Crippen molar-refractivity contribution in [1.29, 1.82) is 0 Å². The molecule has 0 atom stereocenters. The van der Waals surface area contributed by atoms with E-state index in [4.69, 9.17) is 9.47 Å². The van der Waals surface area contributed by atoms with Crippen LogP contribution >= 0.6 is 0 Å². The molecule has 2 saturated heterocycles. The molecule has 28 heavy (non-hydrogen) atoms. The zero-order chi connectivity index (χ0) is 19.0. The second-order valence-electron chi connectivity index (χ2n) is 6.79. The van der Waals surface area contributed by atoms with E-state index in [9.17, 15) is 0 Å². The number of aromatic nitrogens is 3. The summed E-state index contributed by atoms with van der Waals surface area (Å²) in [6.07, 6.45) is 1.64. The summed E-state index contributed by atoms with van der Waals surface area (Å²) in [5.41, 5.74) is 2.15. The maximum absolute atomic E-state index is 5.47. The molecule has 9 nitrogen and oxygen atoms in total. The molecule has 3 heterocycles. The SMILES string of the molecule is c1ccc(N2CCOCC2)c(Nc2cnnc(NCCN3CCOCC3)n2)c1. The fourth-order valence-corrected chi connectivity index (χ4v) is 3.39. The number of hydrogen-bond donors (Lipinski definition) is 2. The molecule has 150 valence electrons. The van der Waals surface area contributed by atoms with Gasteiger partial charge in [-0.2, -0.15) is 10.1 Å². The third-order valence-corrected chi connectivity index (χ3v) is 4.89. The highest BCUT2D eigenvalue weighted by molar-refractivity contribution is 5.74. The van der Waals surface area contributed by atoms with Crippen LogP contribution in [0.3, 0.4) is 0 Å². The van der Waals surface area contributed by atoms with E-state index in [-0.39, 0.29) is 0 Å². The molecular formula is C19H27N7O2. The minimum Gasteiger partial charge on any atom is -0.379 e. The quantitative estimate of drug-likeness (QED) is 0.730. The van der Waals surface area contributed by atoms with Crippen LogP contribution in [0.25, 0.3) is 0 Å². The van der Waals surface area contributed by atoms with Crippen molar-refractivity contribution in [3.63, 3.8) is 0 Å². The van der Waals surface area contributed by atoms with Crippen molar-refractivity contribution in [2.45, 2.75) is 0 Å². The number of benzene rings is 1. The van der Waals surface area contributed by atoms with Gasteiger partial charge in [0, 0.05) is 39.3 Å². The Morgan fingerprint density at radius 1 is 0.964 bits per heavy atom. The maximum Gasteiger partial charge on any atom is 0.244 e. The zero-order valence-electron chi connectivity index (χ0n) is 16.0. The molecule has 0 aliphatic carbocycles. The molecule has 2 N–H and O–H groups in total. The molecule has 1 aromatic heterocycles. The first-order chi connectivity index (χ1) is 13.9. The number of morpholine rings is 2. The smallest absolute Gasteiger partial charge is 0.244 e. The Kier molecular flexibility index (Phi) is 6.48. The molecule has 0 bridgehead atoms. The van der Waals surface area contributed by atoms with Gasteiger partial charge in [0.15, 0.2) is 5.82 Å². The lowest BCUT2D eigenvalue weighted by molar-refractivity contribution is 0.0398. The standard InChI is InChI=1S/C19H27N7O2/c1-2-4-17(26-9-13-28-14-10-26)16(3-1)22-18-15-21-24-19(23-18)20-5-6-25-7-11-27-12-8-25/h1-4,15H,5-14H2,(H2,20,22,23,24). The second-order valence-corrected chi connectivity index (χ2v) is 6.79. The Bertz CT molecular complexity index is 749. The maximum atomic E-state index is 5.47. The molecule has 0 radical (unpaired) electrons. The van der Waals surface area contributed by atoms with Crippen molar-refractivity contribution in [2.75, 3.05) is 81.2 Å². The molecule has 2 aliphatic heterocycles. The molecule has 2 aliphatic rings. The van der Waals surface area contributed by atoms with Crippen LogP contribution in [0.4, 0.5) is 23.1 Å². The van der Waals surface area contributed by atoms with Crippen LogP contribution in [0.1, 0.15) is 0 Å². The number of anilines is 4. The number of hydrogen-bond acceptors (Lipinski definition) is 9. The van der Waals surface area contributed by atoms with Gasteiger partial charge in [-0.05, 0) is 12.1 Å². The number of ether oxygens (including phenoxy) is 2. The second kappa shape index (κ2) is 9.63. The minimum absolute atomic E-state index is 0.530. The van der Waals surface area contributed by atoms with Crippen molar-refractivity contribution in [3.8, 4) is 0 Å². The highest BCUT2D eigenvalue weighted by atomic mass is 16.5. The number of para-hydroxylation sites is 2. The van der Waals surface area contributed by atoms with E-state index in [1.165, 1.54) is 0 Å². The molecule has 2 fully saturated rings. The normalized spacial score (nSPS) is 18.1. The van der Waals surface area contributed by atoms with Crippen LogP contribution in [0.2, 0.25) is 0 Å². The van der Waals surface area contributed by atoms with Crippen LogP contribution < -0.4 is 15.5 Å². The molecule has 2 aromatic rings. The van der Waals surface area contributed by atoms with E-state index in [0.29, 0.717) is 11.8 Å². The molecule has 9 heteroatoms. The molecule has 0 saturated carbocycles. The van der Waals surface area contributed by atoms with Crippen LogP contribution in [-0.4, -0.2) is 85.8 Å². The van der Waals surface area contributed by atoms with E-state index in [1.807, 2.05) is 12.1 Å². The largest absolute Gasteiger partial charge is 0.379 e. The van der Waals surface area contributed by atoms with E-state index >= 15 is 0 Å². The third-order valence-electron chi connectivity index (χ3n) is 4.89. The van der Waals surface area contributed by atoms with Crippen molar-refractivity contribution >= 4 is 23.1 Å². The van der Waals surface area contributed by atoms with Crippen molar-refractivity contribution in [3.05, 3.63) is 30.5 Å². The van der Waals surface area contributed by atoms with E-state index in [0.717, 1.165) is 77.1 Å². The first-order valence-corrected chi connectivity index (χ1v) is 9.81. The highest BCUT2D eigenvalue weighted by Crippen LogP contribution is 2.28. The Balaban J connectivity index is 1.37. The number of nitrogens with one attached hydrogen (secondary N) is 2. The summed E-state index contributed by atoms with van der Waals surface area (Å²) in [5, 5.41) is 14.8. The van der Waals surface area contributed by atoms with E-state index in [1.54, 1.807) is 6.20 Å². The molecule has 0 spiro atoms. The Hall–Kier alpha value is -2.49. The van der Waals surface area contributed by atoms with Gasteiger partial charge in [-0.15, -0.1) is 5.10 Å². The summed E-state index contributed by atoms with van der Waals surface area (Å²) in [6, 6.07) is 8.23. The average molecular weight is 385 g/mol. The van der Waals surface area contributed by atoms with Gasteiger partial charge in [-0.3, -0.25) is 4.90 Å². The fourth-order valence-electron chi connectivity index (χ4n) is 3.39. The molecule has 1 aromatic carbocycles. The van der Waals surface area contributed by atoms with Crippen LogP contribution in [0.5, 0.6) is 0 Å². The summed E-state index contributed by atoms with van der Waals surface area (Å²) in [6.45, 7) is 8.53. The summed E-state index contributed by atoms with van der Waals surface area (Å²) in [4.78, 5) is 9.24. The fraction of sp³-hybridized carbons (Fsp3) is 0.526. The Morgan fingerprint density at radius 2 is 1.71 bits per heavy atom. The first kappa shape index (κ1) is 18.9. The zero-order valence-corrected chi connectivity index (χ0v) is 16.0. The lowest BCUT2D eigenvalue weighted by atomic mass is 10.2. The van der Waals surface area contributed by atoms with Crippen molar-refractivity contribution < 1.29 is 9.47 Å². The summed E-state index contributed by atoms with van der Waals surface area (Å²) in [7, 11) is 0. The van der Waals surface area contributed by atoms with Crippen molar-refractivity contribution in [2.24, 2.45) is 0 Å². The Morgan fingerprint density at radius 3 is 2.54 bits per heavy atom. The van der Waals surface area contributed by atoms with Crippen LogP contribution in [0, 0.1) is 0 Å². The highest BCUT2D eigenvalue weighted by Gasteiger charge is 2.15.